The van der Waals surface area contributed by atoms with E-state index in [9.17, 15) is 19.8 Å². The van der Waals surface area contributed by atoms with Crippen molar-refractivity contribution in [2.75, 3.05) is 0 Å². The van der Waals surface area contributed by atoms with Crippen molar-refractivity contribution in [3.63, 3.8) is 0 Å². The van der Waals surface area contributed by atoms with Gasteiger partial charge in [0.05, 0.1) is 0 Å². The second kappa shape index (κ2) is 6.79. The standard InChI is InChI=1S/C16H18N4O4/c21-14(10-4-3-6-17-9-10)13(16(23)24)18-15(22)12-8-11-5-1-2-7-20(11)19-12/h3-4,6,8-9,13-14,21H,1-2,5,7H2,(H,18,22)(H,23,24). The number of amides is 1. The van der Waals surface area contributed by atoms with E-state index in [0.717, 1.165) is 31.5 Å². The molecule has 1 aliphatic heterocycles. The zero-order chi connectivity index (χ0) is 17.1. The molecular weight excluding hydrogens is 312 g/mol. The molecule has 2 aromatic heterocycles. The van der Waals surface area contributed by atoms with E-state index in [1.54, 1.807) is 22.9 Å². The molecule has 8 nitrogen and oxygen atoms in total. The Kier molecular flexibility index (Phi) is 4.57. The smallest absolute Gasteiger partial charge is 0.329 e. The molecule has 0 aliphatic carbocycles. The van der Waals surface area contributed by atoms with E-state index in [4.69, 9.17) is 0 Å². The maximum atomic E-state index is 12.3. The number of aryl methyl sites for hydroxylation is 2. The normalized spacial score (nSPS) is 16.0. The molecule has 8 heteroatoms. The van der Waals surface area contributed by atoms with Gasteiger partial charge in [-0.1, -0.05) is 6.07 Å². The van der Waals surface area contributed by atoms with Crippen LogP contribution in [0, 0.1) is 0 Å². The van der Waals surface area contributed by atoms with Crippen molar-refractivity contribution in [2.24, 2.45) is 0 Å². The molecule has 24 heavy (non-hydrogen) atoms. The van der Waals surface area contributed by atoms with E-state index >= 15 is 0 Å². The Labute approximate surface area is 138 Å². The minimum Gasteiger partial charge on any atom is -0.480 e. The molecule has 2 unspecified atom stereocenters. The first-order chi connectivity index (χ1) is 11.6. The van der Waals surface area contributed by atoms with Crippen LogP contribution in [0.15, 0.2) is 30.6 Å². The molecular formula is C16H18N4O4. The molecule has 1 amide bonds. The van der Waals surface area contributed by atoms with Gasteiger partial charge in [-0.3, -0.25) is 14.5 Å². The lowest BCUT2D eigenvalue weighted by atomic mass is 10.0. The number of nitrogens with zero attached hydrogens (tertiary/aromatic N) is 3. The molecule has 0 aromatic carbocycles. The summed E-state index contributed by atoms with van der Waals surface area (Å²) >= 11 is 0. The highest BCUT2D eigenvalue weighted by Crippen LogP contribution is 2.18. The summed E-state index contributed by atoms with van der Waals surface area (Å²) in [6.45, 7) is 0.753. The highest BCUT2D eigenvalue weighted by Gasteiger charge is 2.31. The first kappa shape index (κ1) is 16.1. The van der Waals surface area contributed by atoms with Crippen molar-refractivity contribution in [1.82, 2.24) is 20.1 Å². The Bertz CT molecular complexity index is 720. The molecule has 126 valence electrons. The Balaban J connectivity index is 1.77. The summed E-state index contributed by atoms with van der Waals surface area (Å²) in [5.74, 6) is -1.95. The number of aliphatic hydroxyl groups excluding tert-OH is 1. The van der Waals surface area contributed by atoms with E-state index in [-0.39, 0.29) is 5.69 Å². The van der Waals surface area contributed by atoms with Gasteiger partial charge in [-0.2, -0.15) is 5.10 Å². The molecule has 2 aromatic rings. The number of carboxylic acids is 1. The number of aliphatic carboxylic acids is 1. The minimum absolute atomic E-state index is 0.163. The Morgan fingerprint density at radius 3 is 2.83 bits per heavy atom. The van der Waals surface area contributed by atoms with Gasteiger partial charge in [-0.05, 0) is 31.4 Å². The molecule has 0 saturated heterocycles. The van der Waals surface area contributed by atoms with Crippen LogP contribution in [0.25, 0.3) is 0 Å². The summed E-state index contributed by atoms with van der Waals surface area (Å²) < 4.78 is 1.77. The number of pyridine rings is 1. The molecule has 0 spiro atoms. The molecule has 0 radical (unpaired) electrons. The number of aliphatic hydroxyl groups is 1. The van der Waals surface area contributed by atoms with Crippen molar-refractivity contribution < 1.29 is 19.8 Å². The molecule has 0 fully saturated rings. The highest BCUT2D eigenvalue weighted by molar-refractivity contribution is 5.95. The lowest BCUT2D eigenvalue weighted by Gasteiger charge is -2.20. The van der Waals surface area contributed by atoms with Crippen LogP contribution < -0.4 is 5.32 Å². The van der Waals surface area contributed by atoms with Crippen LogP contribution in [0.1, 0.15) is 40.7 Å². The van der Waals surface area contributed by atoms with Crippen molar-refractivity contribution in [3.8, 4) is 0 Å². The first-order valence-corrected chi connectivity index (χ1v) is 7.74. The van der Waals surface area contributed by atoms with E-state index in [0.29, 0.717) is 5.56 Å². The molecule has 0 bridgehead atoms. The maximum absolute atomic E-state index is 12.3. The van der Waals surface area contributed by atoms with Gasteiger partial charge in [0, 0.05) is 30.2 Å². The zero-order valence-electron chi connectivity index (χ0n) is 12.9. The number of hydrogen-bond acceptors (Lipinski definition) is 5. The largest absolute Gasteiger partial charge is 0.480 e. The summed E-state index contributed by atoms with van der Waals surface area (Å²) in [6.07, 6.45) is 4.37. The monoisotopic (exact) mass is 330 g/mol. The predicted octanol–water partition coefficient (Wildman–Crippen LogP) is 0.531. The van der Waals surface area contributed by atoms with Crippen LogP contribution >= 0.6 is 0 Å². The van der Waals surface area contributed by atoms with Gasteiger partial charge < -0.3 is 15.5 Å². The second-order valence-electron chi connectivity index (χ2n) is 5.72. The predicted molar refractivity (Wildman–Crippen MR) is 83.3 cm³/mol. The van der Waals surface area contributed by atoms with Gasteiger partial charge >= 0.3 is 5.97 Å². The van der Waals surface area contributed by atoms with Crippen LogP contribution in [0.2, 0.25) is 0 Å². The zero-order valence-corrected chi connectivity index (χ0v) is 12.9. The van der Waals surface area contributed by atoms with Crippen molar-refractivity contribution in [1.29, 1.82) is 0 Å². The maximum Gasteiger partial charge on any atom is 0.329 e. The Morgan fingerprint density at radius 2 is 2.17 bits per heavy atom. The number of carbonyl (C=O) groups excluding carboxylic acids is 1. The summed E-state index contributed by atoms with van der Waals surface area (Å²) in [4.78, 5) is 27.6. The third kappa shape index (κ3) is 3.28. The Morgan fingerprint density at radius 1 is 1.33 bits per heavy atom. The molecule has 2 atom stereocenters. The molecule has 3 heterocycles. The van der Waals surface area contributed by atoms with Gasteiger partial charge in [0.15, 0.2) is 6.04 Å². The van der Waals surface area contributed by atoms with Gasteiger partial charge in [0.25, 0.3) is 5.91 Å². The van der Waals surface area contributed by atoms with E-state index in [2.05, 4.69) is 15.4 Å². The fourth-order valence-electron chi connectivity index (χ4n) is 2.76. The lowest BCUT2D eigenvalue weighted by molar-refractivity contribution is -0.142. The third-order valence-corrected chi connectivity index (χ3v) is 4.04. The highest BCUT2D eigenvalue weighted by atomic mass is 16.4. The Hall–Kier alpha value is -2.74. The fraction of sp³-hybridized carbons (Fsp3) is 0.375. The van der Waals surface area contributed by atoms with E-state index in [1.165, 1.54) is 12.4 Å². The van der Waals surface area contributed by atoms with Crippen LogP contribution in [0.5, 0.6) is 0 Å². The van der Waals surface area contributed by atoms with Gasteiger partial charge in [0.2, 0.25) is 0 Å². The SMILES string of the molecule is O=C(NC(C(=O)O)C(O)c1cccnc1)c1cc2n(n1)CCCC2. The van der Waals surface area contributed by atoms with Crippen molar-refractivity contribution >= 4 is 11.9 Å². The number of carboxylic acid groups (broad SMARTS) is 1. The number of nitrogens with one attached hydrogen (secondary N) is 1. The summed E-state index contributed by atoms with van der Waals surface area (Å²) in [5.41, 5.74) is 1.44. The minimum atomic E-state index is -1.49. The summed E-state index contributed by atoms with van der Waals surface area (Å²) in [7, 11) is 0. The lowest BCUT2D eigenvalue weighted by Crippen LogP contribution is -2.45. The number of rotatable bonds is 5. The number of hydrogen-bond donors (Lipinski definition) is 3. The van der Waals surface area contributed by atoms with Gasteiger partial charge in [-0.25, -0.2) is 4.79 Å². The molecule has 3 rings (SSSR count). The number of fused-ring (bicyclic) bond motifs is 1. The third-order valence-electron chi connectivity index (χ3n) is 4.04. The molecule has 0 saturated carbocycles. The molecule has 1 aliphatic rings. The average molecular weight is 330 g/mol. The second-order valence-corrected chi connectivity index (χ2v) is 5.72. The fourth-order valence-corrected chi connectivity index (χ4v) is 2.76. The van der Waals surface area contributed by atoms with Crippen LogP contribution in [0.3, 0.4) is 0 Å². The number of aromatic nitrogens is 3. The quantitative estimate of drug-likeness (QED) is 0.736. The van der Waals surface area contributed by atoms with Gasteiger partial charge in [0.1, 0.15) is 11.8 Å². The summed E-state index contributed by atoms with van der Waals surface area (Å²) in [6, 6.07) is 3.32. The van der Waals surface area contributed by atoms with Crippen molar-refractivity contribution in [3.05, 3.63) is 47.5 Å². The average Bonchev–Trinajstić information content (AvgIpc) is 3.03. The number of carbonyl (C=O) groups is 2. The van der Waals surface area contributed by atoms with Crippen LogP contribution in [-0.2, 0) is 17.8 Å². The van der Waals surface area contributed by atoms with Gasteiger partial charge in [-0.15, -0.1) is 0 Å². The summed E-state index contributed by atoms with van der Waals surface area (Å²) in [5, 5.41) is 26.2. The molecule has 3 N–H and O–H groups in total. The topological polar surface area (TPSA) is 117 Å². The van der Waals surface area contributed by atoms with Crippen LogP contribution in [0.4, 0.5) is 0 Å². The van der Waals surface area contributed by atoms with E-state index < -0.39 is 24.0 Å². The van der Waals surface area contributed by atoms with E-state index in [1.807, 2.05) is 0 Å². The van der Waals surface area contributed by atoms with Crippen LogP contribution in [-0.4, -0.2) is 42.9 Å². The van der Waals surface area contributed by atoms with Crippen molar-refractivity contribution in [2.45, 2.75) is 38.0 Å². The first-order valence-electron chi connectivity index (χ1n) is 7.74.